The van der Waals surface area contributed by atoms with Crippen molar-refractivity contribution in [2.24, 2.45) is 0 Å². The summed E-state index contributed by atoms with van der Waals surface area (Å²) in [5.41, 5.74) is 2.82. The van der Waals surface area contributed by atoms with Crippen LogP contribution in [0.25, 0.3) is 0 Å². The average molecular weight is 445 g/mol. The van der Waals surface area contributed by atoms with Gasteiger partial charge in [0, 0.05) is 30.4 Å². The summed E-state index contributed by atoms with van der Waals surface area (Å²) in [7, 11) is 0. The molecule has 168 valence electrons. The first-order valence-corrected chi connectivity index (χ1v) is 11.2. The summed E-state index contributed by atoms with van der Waals surface area (Å²) in [5, 5.41) is 0. The minimum Gasteiger partial charge on any atom is -0.327 e. The molecule has 2 amide bonds. The van der Waals surface area contributed by atoms with Gasteiger partial charge in [-0.2, -0.15) is 0 Å². The van der Waals surface area contributed by atoms with Gasteiger partial charge in [0.25, 0.3) is 5.91 Å². The smallest absolute Gasteiger partial charge is 0.273 e. The minimum absolute atomic E-state index is 0.0522. The van der Waals surface area contributed by atoms with E-state index in [1.807, 2.05) is 6.92 Å². The molecule has 7 nitrogen and oxygen atoms in total. The molecule has 0 saturated carbocycles. The molecule has 5 rings (SSSR count). The van der Waals surface area contributed by atoms with Crippen LogP contribution < -0.4 is 4.90 Å². The molecule has 3 aromatic rings. The predicted molar refractivity (Wildman–Crippen MR) is 120 cm³/mol. The predicted octanol–water partition coefficient (Wildman–Crippen LogP) is 3.78. The number of halogens is 1. The number of rotatable bonds is 4. The third-order valence-corrected chi connectivity index (χ3v) is 6.28. The molecule has 0 aliphatic carbocycles. The largest absolute Gasteiger partial charge is 0.327 e. The van der Waals surface area contributed by atoms with Crippen LogP contribution in [0.1, 0.15) is 58.4 Å². The maximum absolute atomic E-state index is 13.7. The van der Waals surface area contributed by atoms with Gasteiger partial charge in [-0.05, 0) is 56.0 Å². The van der Waals surface area contributed by atoms with Crippen LogP contribution >= 0.6 is 0 Å². The van der Waals surface area contributed by atoms with Gasteiger partial charge in [0.1, 0.15) is 17.3 Å². The van der Waals surface area contributed by atoms with Gasteiger partial charge in [-0.25, -0.2) is 14.4 Å². The van der Waals surface area contributed by atoms with Crippen LogP contribution in [0.2, 0.25) is 0 Å². The number of hydrogen-bond acceptors (Lipinski definition) is 5. The van der Waals surface area contributed by atoms with E-state index in [0.717, 1.165) is 24.1 Å². The average Bonchev–Trinajstić information content (AvgIpc) is 3.31. The number of aryl methyl sites for hydroxylation is 1. The molecular weight excluding hydrogens is 421 g/mol. The van der Waals surface area contributed by atoms with Gasteiger partial charge in [0.05, 0.1) is 12.6 Å². The summed E-state index contributed by atoms with van der Waals surface area (Å²) in [6.45, 7) is 2.76. The maximum atomic E-state index is 13.7. The first-order chi connectivity index (χ1) is 16.0. The van der Waals surface area contributed by atoms with Gasteiger partial charge >= 0.3 is 0 Å². The van der Waals surface area contributed by atoms with Crippen molar-refractivity contribution in [3.63, 3.8) is 0 Å². The molecule has 2 aliphatic heterocycles. The van der Waals surface area contributed by atoms with Crippen LogP contribution in [0.3, 0.4) is 0 Å². The summed E-state index contributed by atoms with van der Waals surface area (Å²) in [6, 6.07) is 11.2. The lowest BCUT2D eigenvalue weighted by Crippen LogP contribution is -2.37. The van der Waals surface area contributed by atoms with Gasteiger partial charge in [-0.1, -0.05) is 18.2 Å². The molecule has 0 N–H and O–H groups in total. The number of carbonyl (C=O) groups excluding carboxylic acids is 2. The zero-order valence-corrected chi connectivity index (χ0v) is 18.4. The highest BCUT2D eigenvalue weighted by Crippen LogP contribution is 2.35. The van der Waals surface area contributed by atoms with Crippen molar-refractivity contribution in [2.45, 2.75) is 45.2 Å². The molecule has 0 spiro atoms. The lowest BCUT2D eigenvalue weighted by molar-refractivity contribution is -0.119. The first-order valence-electron chi connectivity index (χ1n) is 11.2. The SMILES string of the molecule is Cc1nc([C@@H]2CCCN2C(=O)c2ccccn2)nc2c1CCC(=O)N2Cc1cccc(F)c1. The van der Waals surface area contributed by atoms with E-state index in [-0.39, 0.29) is 30.2 Å². The fraction of sp³-hybridized carbons (Fsp3) is 0.320. The van der Waals surface area contributed by atoms with Gasteiger partial charge in [-0.15, -0.1) is 0 Å². The Bertz CT molecular complexity index is 1220. The topological polar surface area (TPSA) is 79.3 Å². The Hall–Kier alpha value is -3.68. The molecule has 8 heteroatoms. The monoisotopic (exact) mass is 445 g/mol. The number of likely N-dealkylation sites (tertiary alicyclic amines) is 1. The lowest BCUT2D eigenvalue weighted by Gasteiger charge is -2.31. The first kappa shape index (κ1) is 21.2. The Labute approximate surface area is 191 Å². The summed E-state index contributed by atoms with van der Waals surface area (Å²) >= 11 is 0. The van der Waals surface area contributed by atoms with Crippen molar-refractivity contribution in [2.75, 3.05) is 11.4 Å². The van der Waals surface area contributed by atoms with Gasteiger partial charge < -0.3 is 4.90 Å². The van der Waals surface area contributed by atoms with Gasteiger partial charge in [-0.3, -0.25) is 19.5 Å². The van der Waals surface area contributed by atoms with E-state index in [0.29, 0.717) is 42.3 Å². The van der Waals surface area contributed by atoms with Crippen LogP contribution in [0.4, 0.5) is 10.2 Å². The molecule has 1 fully saturated rings. The molecule has 33 heavy (non-hydrogen) atoms. The zero-order chi connectivity index (χ0) is 22.9. The van der Waals surface area contributed by atoms with Gasteiger partial charge in [0.2, 0.25) is 5.91 Å². The molecule has 0 unspecified atom stereocenters. The zero-order valence-electron chi connectivity index (χ0n) is 18.4. The highest BCUT2D eigenvalue weighted by Gasteiger charge is 2.35. The number of benzene rings is 1. The number of aromatic nitrogens is 3. The van der Waals surface area contributed by atoms with E-state index in [1.165, 1.54) is 12.1 Å². The third-order valence-electron chi connectivity index (χ3n) is 6.28. The highest BCUT2D eigenvalue weighted by atomic mass is 19.1. The number of amides is 2. The third kappa shape index (κ3) is 4.08. The fourth-order valence-electron chi connectivity index (χ4n) is 4.65. The molecular formula is C25H24FN5O2. The lowest BCUT2D eigenvalue weighted by atomic mass is 10.0. The fourth-order valence-corrected chi connectivity index (χ4v) is 4.65. The number of anilines is 1. The molecule has 1 atom stereocenters. The normalized spacial score (nSPS) is 17.9. The molecule has 2 aliphatic rings. The van der Waals surface area contributed by atoms with E-state index in [9.17, 15) is 14.0 Å². The van der Waals surface area contributed by atoms with Crippen molar-refractivity contribution < 1.29 is 14.0 Å². The van der Waals surface area contributed by atoms with E-state index >= 15 is 0 Å². The molecule has 1 aromatic carbocycles. The molecule has 2 aromatic heterocycles. The summed E-state index contributed by atoms with van der Waals surface area (Å²) in [6.07, 6.45) is 4.12. The summed E-state index contributed by atoms with van der Waals surface area (Å²) < 4.78 is 13.7. The van der Waals surface area contributed by atoms with E-state index < -0.39 is 0 Å². The van der Waals surface area contributed by atoms with Gasteiger partial charge in [0.15, 0.2) is 5.82 Å². The van der Waals surface area contributed by atoms with E-state index in [1.54, 1.807) is 46.3 Å². The standard InChI is InChI=1S/C25H24FN5O2/c1-16-19-10-11-22(32)31(15-17-6-4-7-18(26)14-17)24(19)29-23(28-16)21-9-5-13-30(21)25(33)20-8-2-3-12-27-20/h2-4,6-8,12,14,21H,5,9-11,13,15H2,1H3/t21-/m0/s1. The minimum atomic E-state index is -0.341. The number of pyridine rings is 1. The quantitative estimate of drug-likeness (QED) is 0.611. The van der Waals surface area contributed by atoms with Crippen LogP contribution in [0.5, 0.6) is 0 Å². The molecule has 0 radical (unpaired) electrons. The van der Waals surface area contributed by atoms with Crippen molar-refractivity contribution in [1.29, 1.82) is 0 Å². The van der Waals surface area contributed by atoms with Crippen LogP contribution in [0, 0.1) is 12.7 Å². The Balaban J connectivity index is 1.50. The Morgan fingerprint density at radius 2 is 2.03 bits per heavy atom. The summed E-state index contributed by atoms with van der Waals surface area (Å²) in [4.78, 5) is 43.1. The molecule has 0 bridgehead atoms. The van der Waals surface area contributed by atoms with Crippen LogP contribution in [-0.4, -0.2) is 38.2 Å². The van der Waals surface area contributed by atoms with Crippen molar-refractivity contribution in [3.05, 3.63) is 82.8 Å². The Morgan fingerprint density at radius 1 is 1.15 bits per heavy atom. The Morgan fingerprint density at radius 3 is 2.82 bits per heavy atom. The number of hydrogen-bond donors (Lipinski definition) is 0. The van der Waals surface area contributed by atoms with E-state index in [4.69, 9.17) is 9.97 Å². The summed E-state index contributed by atoms with van der Waals surface area (Å²) in [5.74, 6) is 0.557. The second kappa shape index (κ2) is 8.69. The van der Waals surface area contributed by atoms with E-state index in [2.05, 4.69) is 4.98 Å². The Kier molecular flexibility index (Phi) is 5.58. The molecule has 4 heterocycles. The maximum Gasteiger partial charge on any atom is 0.273 e. The number of fused-ring (bicyclic) bond motifs is 1. The van der Waals surface area contributed by atoms with Crippen molar-refractivity contribution >= 4 is 17.6 Å². The number of carbonyl (C=O) groups is 2. The van der Waals surface area contributed by atoms with Crippen molar-refractivity contribution in [3.8, 4) is 0 Å². The van der Waals surface area contributed by atoms with Crippen molar-refractivity contribution in [1.82, 2.24) is 19.9 Å². The molecule has 1 saturated heterocycles. The number of nitrogens with zero attached hydrogens (tertiary/aromatic N) is 5. The highest BCUT2D eigenvalue weighted by molar-refractivity contribution is 5.95. The second-order valence-corrected chi connectivity index (χ2v) is 8.45. The van der Waals surface area contributed by atoms with Crippen LogP contribution in [0.15, 0.2) is 48.7 Å². The second-order valence-electron chi connectivity index (χ2n) is 8.45. The van der Waals surface area contributed by atoms with Crippen LogP contribution in [-0.2, 0) is 17.8 Å².